The second-order valence-electron chi connectivity index (χ2n) is 4.12. The lowest BCUT2D eigenvalue weighted by atomic mass is 9.94. The average Bonchev–Trinajstić information content (AvgIpc) is 2.47. The molecule has 1 nitrogen and oxygen atoms in total. The zero-order chi connectivity index (χ0) is 11.5. The maximum Gasteiger partial charge on any atom is 0.0635 e. The van der Waals surface area contributed by atoms with Gasteiger partial charge in [-0.1, -0.05) is 23.2 Å². The Bertz CT molecular complexity index is 382. The van der Waals surface area contributed by atoms with Crippen molar-refractivity contribution in [2.75, 3.05) is 12.3 Å². The van der Waals surface area contributed by atoms with Crippen LogP contribution in [0.5, 0.6) is 0 Å². The van der Waals surface area contributed by atoms with Crippen LogP contribution in [-0.4, -0.2) is 12.3 Å². The molecule has 88 valence electrons. The highest BCUT2D eigenvalue weighted by Crippen LogP contribution is 2.39. The van der Waals surface area contributed by atoms with Crippen molar-refractivity contribution in [3.63, 3.8) is 0 Å². The minimum atomic E-state index is 0.648. The molecule has 1 aliphatic rings. The molecule has 1 heterocycles. The largest absolute Gasteiger partial charge is 0.330 e. The van der Waals surface area contributed by atoms with Gasteiger partial charge in [-0.2, -0.15) is 0 Å². The maximum atomic E-state index is 6.27. The van der Waals surface area contributed by atoms with Gasteiger partial charge in [-0.15, -0.1) is 11.8 Å². The van der Waals surface area contributed by atoms with E-state index in [0.29, 0.717) is 10.9 Å². The van der Waals surface area contributed by atoms with E-state index >= 15 is 0 Å². The molecule has 0 saturated carbocycles. The van der Waals surface area contributed by atoms with Crippen molar-refractivity contribution in [1.29, 1.82) is 0 Å². The lowest BCUT2D eigenvalue weighted by Gasteiger charge is -2.14. The minimum Gasteiger partial charge on any atom is -0.330 e. The summed E-state index contributed by atoms with van der Waals surface area (Å²) in [5.41, 5.74) is 6.85. The Morgan fingerprint density at radius 2 is 2.19 bits per heavy atom. The van der Waals surface area contributed by atoms with Gasteiger partial charge in [0.05, 0.1) is 10.0 Å². The highest BCUT2D eigenvalue weighted by molar-refractivity contribution is 7.99. The first-order valence-electron chi connectivity index (χ1n) is 5.52. The minimum absolute atomic E-state index is 0.648. The number of thioether (sulfide) groups is 1. The molecule has 2 N–H and O–H groups in total. The Balaban J connectivity index is 2.30. The molecule has 1 unspecified atom stereocenters. The van der Waals surface area contributed by atoms with Crippen molar-refractivity contribution >= 4 is 35.0 Å². The van der Waals surface area contributed by atoms with E-state index in [4.69, 9.17) is 28.9 Å². The predicted molar refractivity (Wildman–Crippen MR) is 72.7 cm³/mol. The molecule has 0 spiro atoms. The third kappa shape index (κ3) is 2.67. The van der Waals surface area contributed by atoms with Gasteiger partial charge < -0.3 is 5.73 Å². The van der Waals surface area contributed by atoms with E-state index in [1.807, 2.05) is 17.8 Å². The van der Waals surface area contributed by atoms with Crippen molar-refractivity contribution in [3.05, 3.63) is 27.7 Å². The molecule has 0 amide bonds. The standard InChI is InChI=1S/C12H15Cl2NS/c13-10-1-2-11-9(12(10)14)7-8(3-5-15)4-6-16-11/h1-2,8H,3-7,15H2. The smallest absolute Gasteiger partial charge is 0.0635 e. The fourth-order valence-electron chi connectivity index (χ4n) is 2.11. The van der Waals surface area contributed by atoms with Gasteiger partial charge >= 0.3 is 0 Å². The Morgan fingerprint density at radius 3 is 2.94 bits per heavy atom. The monoisotopic (exact) mass is 275 g/mol. The number of fused-ring (bicyclic) bond motifs is 1. The van der Waals surface area contributed by atoms with Gasteiger partial charge in [-0.25, -0.2) is 0 Å². The van der Waals surface area contributed by atoms with E-state index < -0.39 is 0 Å². The predicted octanol–water partition coefficient (Wildman–Crippen LogP) is 4.00. The summed E-state index contributed by atoms with van der Waals surface area (Å²) in [5, 5.41) is 1.39. The van der Waals surface area contributed by atoms with E-state index in [2.05, 4.69) is 6.07 Å². The quantitative estimate of drug-likeness (QED) is 0.883. The van der Waals surface area contributed by atoms with Gasteiger partial charge in [-0.3, -0.25) is 0 Å². The third-order valence-electron chi connectivity index (χ3n) is 3.00. The van der Waals surface area contributed by atoms with Crippen LogP contribution in [0.3, 0.4) is 0 Å². The molecule has 1 aliphatic heterocycles. The number of hydrogen-bond donors (Lipinski definition) is 1. The van der Waals surface area contributed by atoms with Crippen molar-refractivity contribution < 1.29 is 0 Å². The number of nitrogens with two attached hydrogens (primary N) is 1. The molecular formula is C12H15Cl2NS. The number of halogens is 2. The van der Waals surface area contributed by atoms with E-state index in [9.17, 15) is 0 Å². The molecule has 16 heavy (non-hydrogen) atoms. The zero-order valence-corrected chi connectivity index (χ0v) is 11.3. The lowest BCUT2D eigenvalue weighted by Crippen LogP contribution is -2.11. The normalized spacial score (nSPS) is 20.3. The summed E-state index contributed by atoms with van der Waals surface area (Å²) in [6, 6.07) is 3.97. The Labute approximate surface area is 111 Å². The Hall–Kier alpha value is 0.110. The highest BCUT2D eigenvalue weighted by Gasteiger charge is 2.20. The summed E-state index contributed by atoms with van der Waals surface area (Å²) >= 11 is 14.2. The summed E-state index contributed by atoms with van der Waals surface area (Å²) < 4.78 is 0. The zero-order valence-electron chi connectivity index (χ0n) is 9.01. The molecule has 0 saturated heterocycles. The molecule has 4 heteroatoms. The summed E-state index contributed by atoms with van der Waals surface area (Å²) in [6.45, 7) is 0.753. The van der Waals surface area contributed by atoms with Crippen LogP contribution in [0.4, 0.5) is 0 Å². The topological polar surface area (TPSA) is 26.0 Å². The number of rotatable bonds is 2. The highest BCUT2D eigenvalue weighted by atomic mass is 35.5. The van der Waals surface area contributed by atoms with Crippen LogP contribution in [0.25, 0.3) is 0 Å². The van der Waals surface area contributed by atoms with Crippen LogP contribution in [0.2, 0.25) is 10.0 Å². The number of benzene rings is 1. The van der Waals surface area contributed by atoms with E-state index in [-0.39, 0.29) is 0 Å². The lowest BCUT2D eigenvalue weighted by molar-refractivity contribution is 0.479. The second-order valence-corrected chi connectivity index (χ2v) is 6.04. The summed E-state index contributed by atoms with van der Waals surface area (Å²) in [6.07, 6.45) is 3.30. The number of hydrogen-bond acceptors (Lipinski definition) is 2. The van der Waals surface area contributed by atoms with E-state index in [0.717, 1.165) is 30.2 Å². The molecule has 0 fully saturated rings. The molecule has 0 aliphatic carbocycles. The van der Waals surface area contributed by atoms with Crippen molar-refractivity contribution in [2.45, 2.75) is 24.2 Å². The van der Waals surface area contributed by atoms with E-state index in [1.165, 1.54) is 16.9 Å². The second kappa shape index (κ2) is 5.63. The molecule has 1 aromatic carbocycles. The molecule has 2 rings (SSSR count). The maximum absolute atomic E-state index is 6.27. The van der Waals surface area contributed by atoms with Crippen LogP contribution in [-0.2, 0) is 6.42 Å². The van der Waals surface area contributed by atoms with Gasteiger partial charge in [-0.05, 0) is 55.2 Å². The van der Waals surface area contributed by atoms with Crippen molar-refractivity contribution in [3.8, 4) is 0 Å². The SMILES string of the molecule is NCCC1CCSc2ccc(Cl)c(Cl)c2C1. The summed E-state index contributed by atoms with van der Waals surface area (Å²) in [5.74, 6) is 1.80. The molecular weight excluding hydrogens is 261 g/mol. The first kappa shape index (κ1) is 12.6. The summed E-state index contributed by atoms with van der Waals surface area (Å²) in [4.78, 5) is 1.29. The molecule has 0 bridgehead atoms. The van der Waals surface area contributed by atoms with Crippen LogP contribution < -0.4 is 5.73 Å². The first-order valence-corrected chi connectivity index (χ1v) is 7.26. The fourth-order valence-corrected chi connectivity index (χ4v) is 3.78. The van der Waals surface area contributed by atoms with E-state index in [1.54, 1.807) is 0 Å². The molecule has 0 aromatic heterocycles. The van der Waals surface area contributed by atoms with Crippen LogP contribution in [0, 0.1) is 5.92 Å². The average molecular weight is 276 g/mol. The summed E-state index contributed by atoms with van der Waals surface area (Å²) in [7, 11) is 0. The van der Waals surface area contributed by atoms with Gasteiger partial charge in [0.2, 0.25) is 0 Å². The van der Waals surface area contributed by atoms with Gasteiger partial charge in [0.1, 0.15) is 0 Å². The fraction of sp³-hybridized carbons (Fsp3) is 0.500. The molecule has 0 radical (unpaired) electrons. The van der Waals surface area contributed by atoms with Crippen molar-refractivity contribution in [2.24, 2.45) is 11.7 Å². The van der Waals surface area contributed by atoms with Gasteiger partial charge in [0.15, 0.2) is 0 Å². The van der Waals surface area contributed by atoms with Gasteiger partial charge in [0.25, 0.3) is 0 Å². The van der Waals surface area contributed by atoms with Crippen molar-refractivity contribution in [1.82, 2.24) is 0 Å². The molecule has 1 atom stereocenters. The van der Waals surface area contributed by atoms with Crippen LogP contribution in [0.15, 0.2) is 17.0 Å². The molecule has 1 aromatic rings. The first-order chi connectivity index (χ1) is 7.72. The Morgan fingerprint density at radius 1 is 1.38 bits per heavy atom. The van der Waals surface area contributed by atoms with Crippen LogP contribution in [0.1, 0.15) is 18.4 Å². The third-order valence-corrected chi connectivity index (χ3v) is 4.98. The van der Waals surface area contributed by atoms with Gasteiger partial charge in [0, 0.05) is 4.90 Å². The Kier molecular flexibility index (Phi) is 4.42. The van der Waals surface area contributed by atoms with Crippen LogP contribution >= 0.6 is 35.0 Å².